The van der Waals surface area contributed by atoms with Crippen LogP contribution in [0, 0.1) is 19.8 Å². The first-order valence-corrected chi connectivity index (χ1v) is 14.8. The van der Waals surface area contributed by atoms with Crippen molar-refractivity contribution in [1.29, 1.82) is 0 Å². The molecule has 1 aliphatic rings. The standard InChI is InChI=1S/C29H30N6O5S/c1-18-7-10-23(11-8-18)41(37,38)35-26-17-22(9-12-24(26)19(2)32-35)30-29-31-27-6-4-5-25(34(27)33-29)28(40-20(3)36)21-13-15-39-16-14-21/h4-12,17,21,28H,13-16H2,1-3H3,(H,30,33). The first kappa shape index (κ1) is 26.9. The summed E-state index contributed by atoms with van der Waals surface area (Å²) in [6.45, 7) is 6.31. The number of benzene rings is 2. The summed E-state index contributed by atoms with van der Waals surface area (Å²) in [4.78, 5) is 16.8. The number of aromatic nitrogens is 5. The molecule has 41 heavy (non-hydrogen) atoms. The number of rotatable bonds is 7. The fourth-order valence-corrected chi connectivity index (χ4v) is 6.55. The zero-order valence-corrected chi connectivity index (χ0v) is 23.8. The Hall–Kier alpha value is -4.29. The Morgan fingerprint density at radius 1 is 1.05 bits per heavy atom. The molecule has 0 radical (unpaired) electrons. The van der Waals surface area contributed by atoms with Crippen LogP contribution in [0.5, 0.6) is 0 Å². The molecular weight excluding hydrogens is 544 g/mol. The number of anilines is 2. The first-order valence-electron chi connectivity index (χ1n) is 13.4. The predicted octanol–water partition coefficient (Wildman–Crippen LogP) is 4.71. The summed E-state index contributed by atoms with van der Waals surface area (Å²) in [5.74, 6) is 0.0487. The molecule has 11 nitrogen and oxygen atoms in total. The third-order valence-corrected chi connectivity index (χ3v) is 8.91. The number of ether oxygens (including phenoxy) is 2. The van der Waals surface area contributed by atoms with E-state index >= 15 is 0 Å². The second-order valence-electron chi connectivity index (χ2n) is 10.2. The Labute approximate surface area is 237 Å². The summed E-state index contributed by atoms with van der Waals surface area (Å²) in [5, 5.41) is 13.0. The second kappa shape index (κ2) is 10.6. The van der Waals surface area contributed by atoms with Gasteiger partial charge in [0, 0.05) is 37.1 Å². The van der Waals surface area contributed by atoms with Crippen molar-refractivity contribution in [2.24, 2.45) is 5.92 Å². The number of nitrogens with one attached hydrogen (secondary N) is 1. The summed E-state index contributed by atoms with van der Waals surface area (Å²) in [6, 6.07) is 17.6. The lowest BCUT2D eigenvalue weighted by Gasteiger charge is -2.29. The Kier molecular flexibility index (Phi) is 6.96. The molecule has 0 saturated carbocycles. The molecule has 4 heterocycles. The smallest absolute Gasteiger partial charge is 0.303 e. The van der Waals surface area contributed by atoms with Crippen molar-refractivity contribution < 1.29 is 22.7 Å². The van der Waals surface area contributed by atoms with Gasteiger partial charge in [0.05, 0.1) is 21.8 Å². The van der Waals surface area contributed by atoms with Gasteiger partial charge in [-0.15, -0.1) is 5.10 Å². The Morgan fingerprint density at radius 3 is 2.54 bits per heavy atom. The number of carbonyl (C=O) groups is 1. The molecule has 1 aliphatic heterocycles. The molecule has 6 rings (SSSR count). The average Bonchev–Trinajstić information content (AvgIpc) is 3.52. The summed E-state index contributed by atoms with van der Waals surface area (Å²) in [7, 11) is -3.92. The van der Waals surface area contributed by atoms with Crippen LogP contribution in [0.1, 0.15) is 42.8 Å². The Bertz CT molecular complexity index is 1860. The van der Waals surface area contributed by atoms with Crippen LogP contribution < -0.4 is 5.32 Å². The zero-order valence-electron chi connectivity index (χ0n) is 22.9. The molecule has 1 unspecified atom stereocenters. The molecule has 212 valence electrons. The molecule has 1 fully saturated rings. The van der Waals surface area contributed by atoms with Gasteiger partial charge in [-0.2, -0.15) is 22.6 Å². The number of pyridine rings is 1. The minimum absolute atomic E-state index is 0.0975. The maximum absolute atomic E-state index is 13.5. The fraction of sp³-hybridized carbons (Fsp3) is 0.310. The van der Waals surface area contributed by atoms with Crippen molar-refractivity contribution in [3.05, 3.63) is 77.6 Å². The monoisotopic (exact) mass is 574 g/mol. The van der Waals surface area contributed by atoms with Gasteiger partial charge in [0.2, 0.25) is 5.95 Å². The van der Waals surface area contributed by atoms with E-state index in [1.807, 2.05) is 37.3 Å². The molecule has 1 atom stereocenters. The number of fused-ring (bicyclic) bond motifs is 2. The van der Waals surface area contributed by atoms with E-state index in [2.05, 4.69) is 20.5 Å². The predicted molar refractivity (Wildman–Crippen MR) is 153 cm³/mol. The number of hydrogen-bond acceptors (Lipinski definition) is 9. The summed E-state index contributed by atoms with van der Waals surface area (Å²) in [5.41, 5.74) is 3.90. The third kappa shape index (κ3) is 5.16. The van der Waals surface area contributed by atoms with Crippen LogP contribution in [0.2, 0.25) is 0 Å². The maximum Gasteiger partial charge on any atom is 0.303 e. The molecule has 0 aliphatic carbocycles. The molecule has 1 N–H and O–H groups in total. The second-order valence-corrected chi connectivity index (χ2v) is 12.0. The molecular formula is C29H30N6O5S. The van der Waals surface area contributed by atoms with Crippen LogP contribution >= 0.6 is 0 Å². The largest absolute Gasteiger partial charge is 0.456 e. The molecule has 3 aromatic heterocycles. The van der Waals surface area contributed by atoms with E-state index in [0.717, 1.165) is 33.6 Å². The average molecular weight is 575 g/mol. The van der Waals surface area contributed by atoms with Crippen LogP contribution in [-0.2, 0) is 24.3 Å². The highest BCUT2D eigenvalue weighted by atomic mass is 32.2. The summed E-state index contributed by atoms with van der Waals surface area (Å²) < 4.78 is 41.0. The van der Waals surface area contributed by atoms with Crippen molar-refractivity contribution in [3.8, 4) is 0 Å². The lowest BCUT2D eigenvalue weighted by Crippen LogP contribution is -2.26. The highest BCUT2D eigenvalue weighted by molar-refractivity contribution is 7.90. The number of nitrogens with zero attached hydrogens (tertiary/aromatic N) is 5. The van der Waals surface area contributed by atoms with E-state index < -0.39 is 16.1 Å². The van der Waals surface area contributed by atoms with Crippen molar-refractivity contribution in [2.45, 2.75) is 44.6 Å². The van der Waals surface area contributed by atoms with Gasteiger partial charge in [-0.05, 0) is 69.2 Å². The van der Waals surface area contributed by atoms with E-state index in [1.54, 1.807) is 41.8 Å². The van der Waals surface area contributed by atoms with Crippen molar-refractivity contribution in [3.63, 3.8) is 0 Å². The van der Waals surface area contributed by atoms with Gasteiger partial charge in [0.25, 0.3) is 10.0 Å². The van der Waals surface area contributed by atoms with E-state index in [9.17, 15) is 13.2 Å². The lowest BCUT2D eigenvalue weighted by molar-refractivity contribution is -0.152. The van der Waals surface area contributed by atoms with Gasteiger partial charge >= 0.3 is 5.97 Å². The topological polar surface area (TPSA) is 130 Å². The van der Waals surface area contributed by atoms with Crippen molar-refractivity contribution in [1.82, 2.24) is 23.8 Å². The minimum atomic E-state index is -3.92. The minimum Gasteiger partial charge on any atom is -0.456 e. The van der Waals surface area contributed by atoms with Crippen LogP contribution in [0.15, 0.2) is 65.6 Å². The number of carbonyl (C=O) groups excluding carboxylic acids is 1. The van der Waals surface area contributed by atoms with E-state index in [0.29, 0.717) is 41.7 Å². The first-order chi connectivity index (χ1) is 19.7. The van der Waals surface area contributed by atoms with Gasteiger partial charge in [-0.3, -0.25) is 4.79 Å². The lowest BCUT2D eigenvalue weighted by atomic mass is 9.91. The van der Waals surface area contributed by atoms with Gasteiger partial charge in [0.1, 0.15) is 6.10 Å². The van der Waals surface area contributed by atoms with E-state index in [-0.39, 0.29) is 16.8 Å². The Morgan fingerprint density at radius 2 is 1.80 bits per heavy atom. The molecule has 12 heteroatoms. The molecule has 2 aromatic carbocycles. The van der Waals surface area contributed by atoms with Gasteiger partial charge in [-0.25, -0.2) is 4.52 Å². The van der Waals surface area contributed by atoms with Crippen LogP contribution in [0.3, 0.4) is 0 Å². The molecule has 1 saturated heterocycles. The molecule has 0 bridgehead atoms. The van der Waals surface area contributed by atoms with Gasteiger partial charge < -0.3 is 14.8 Å². The van der Waals surface area contributed by atoms with E-state index in [1.165, 1.54) is 6.92 Å². The van der Waals surface area contributed by atoms with Gasteiger partial charge in [0.15, 0.2) is 5.65 Å². The fourth-order valence-electron chi connectivity index (χ4n) is 5.23. The maximum atomic E-state index is 13.5. The summed E-state index contributed by atoms with van der Waals surface area (Å²) in [6.07, 6.45) is 1.05. The normalized spacial score (nSPS) is 15.3. The molecule has 0 spiro atoms. The quantitative estimate of drug-likeness (QED) is 0.275. The number of hydrogen-bond donors (Lipinski definition) is 1. The third-order valence-electron chi connectivity index (χ3n) is 7.30. The summed E-state index contributed by atoms with van der Waals surface area (Å²) >= 11 is 0. The van der Waals surface area contributed by atoms with Crippen LogP contribution in [-0.4, -0.2) is 51.4 Å². The van der Waals surface area contributed by atoms with Gasteiger partial charge in [-0.1, -0.05) is 23.8 Å². The zero-order chi connectivity index (χ0) is 28.7. The highest BCUT2D eigenvalue weighted by Gasteiger charge is 2.30. The van der Waals surface area contributed by atoms with Crippen LogP contribution in [0.25, 0.3) is 16.6 Å². The Balaban J connectivity index is 1.36. The highest BCUT2D eigenvalue weighted by Crippen LogP contribution is 2.34. The number of aryl methyl sites for hydroxylation is 2. The molecule has 0 amide bonds. The number of esters is 1. The SMILES string of the molecule is CC(=O)OC(c1cccc2nc(Nc3ccc4c(C)nn(S(=O)(=O)c5ccc(C)cc5)c4c3)nn12)C1CCOCC1. The van der Waals surface area contributed by atoms with Crippen LogP contribution in [0.4, 0.5) is 11.6 Å². The van der Waals surface area contributed by atoms with E-state index in [4.69, 9.17) is 9.47 Å². The molecule has 5 aromatic rings. The van der Waals surface area contributed by atoms with Crippen molar-refractivity contribution >= 4 is 44.2 Å². The van der Waals surface area contributed by atoms with Crippen molar-refractivity contribution in [2.75, 3.05) is 18.5 Å².